The Kier molecular flexibility index (Phi) is 3.04. The number of aldehydes is 1. The molecule has 1 aromatic heterocycles. The fraction of sp³-hybridized carbons (Fsp3) is 0.300. The Morgan fingerprint density at radius 2 is 2.20 bits per heavy atom. The summed E-state index contributed by atoms with van der Waals surface area (Å²) in [6.45, 7) is 1.54. The lowest BCUT2D eigenvalue weighted by Crippen LogP contribution is -2.23. The molecule has 0 saturated carbocycles. The van der Waals surface area contributed by atoms with Crippen LogP contribution in [0.25, 0.3) is 0 Å². The van der Waals surface area contributed by atoms with Crippen molar-refractivity contribution in [3.63, 3.8) is 0 Å². The van der Waals surface area contributed by atoms with Gasteiger partial charge < -0.3 is 14.5 Å². The number of hydrogen-bond acceptors (Lipinski definition) is 3. The number of aromatic nitrogens is 1. The highest BCUT2D eigenvalue weighted by molar-refractivity contribution is 5.91. The van der Waals surface area contributed by atoms with Gasteiger partial charge in [-0.25, -0.2) is 4.79 Å². The highest BCUT2D eigenvalue weighted by Crippen LogP contribution is 2.11. The molecule has 0 radical (unpaired) electrons. The van der Waals surface area contributed by atoms with E-state index >= 15 is 0 Å². The van der Waals surface area contributed by atoms with Crippen molar-refractivity contribution < 1.29 is 14.7 Å². The maximum absolute atomic E-state index is 11.4. The predicted molar refractivity (Wildman–Crippen MR) is 53.1 cm³/mol. The van der Waals surface area contributed by atoms with Crippen LogP contribution >= 0.6 is 0 Å². The Bertz CT molecular complexity index is 473. The molecule has 1 aromatic rings. The number of carboxylic acids is 1. The molecule has 15 heavy (non-hydrogen) atoms. The second-order valence-electron chi connectivity index (χ2n) is 3.20. The predicted octanol–water partition coefficient (Wildman–Crippen LogP) is 0.133. The first-order valence-electron chi connectivity index (χ1n) is 4.35. The van der Waals surface area contributed by atoms with Crippen LogP contribution in [0.4, 0.5) is 0 Å². The summed E-state index contributed by atoms with van der Waals surface area (Å²) in [5.74, 6) is -1.13. The zero-order valence-corrected chi connectivity index (χ0v) is 8.48. The fourth-order valence-electron chi connectivity index (χ4n) is 1.43. The topological polar surface area (TPSA) is 76.4 Å². The van der Waals surface area contributed by atoms with Crippen molar-refractivity contribution in [2.75, 3.05) is 0 Å². The zero-order chi connectivity index (χ0) is 11.6. The molecule has 0 unspecified atom stereocenters. The monoisotopic (exact) mass is 209 g/mol. The van der Waals surface area contributed by atoms with Gasteiger partial charge >= 0.3 is 5.97 Å². The van der Waals surface area contributed by atoms with Crippen molar-refractivity contribution in [3.8, 4) is 0 Å². The standard InChI is InChI=1S/C10H11NO4/c1-6-9(10(14)15)7(3-4-12)5-8(13)11(6)2/h4-5H,3H2,1-2H3,(H,14,15). The second kappa shape index (κ2) is 4.08. The number of carbonyl (C=O) groups is 2. The number of carbonyl (C=O) groups excluding carboxylic acids is 1. The van der Waals surface area contributed by atoms with E-state index in [0.29, 0.717) is 12.0 Å². The molecule has 0 fully saturated rings. The van der Waals surface area contributed by atoms with Crippen LogP contribution in [0.1, 0.15) is 21.6 Å². The van der Waals surface area contributed by atoms with Crippen LogP contribution in [0.2, 0.25) is 0 Å². The van der Waals surface area contributed by atoms with Crippen LogP contribution in [-0.4, -0.2) is 21.9 Å². The van der Waals surface area contributed by atoms with Gasteiger partial charge in [0.25, 0.3) is 5.56 Å². The summed E-state index contributed by atoms with van der Waals surface area (Å²) in [4.78, 5) is 32.7. The van der Waals surface area contributed by atoms with Gasteiger partial charge in [-0.2, -0.15) is 0 Å². The van der Waals surface area contributed by atoms with Crippen LogP contribution in [0.5, 0.6) is 0 Å². The highest BCUT2D eigenvalue weighted by Gasteiger charge is 2.16. The first-order valence-corrected chi connectivity index (χ1v) is 4.35. The fourth-order valence-corrected chi connectivity index (χ4v) is 1.43. The number of carboxylic acid groups (broad SMARTS) is 1. The summed E-state index contributed by atoms with van der Waals surface area (Å²) in [6.07, 6.45) is 0.527. The van der Waals surface area contributed by atoms with Gasteiger partial charge in [0, 0.05) is 25.2 Å². The second-order valence-corrected chi connectivity index (χ2v) is 3.20. The third kappa shape index (κ3) is 1.96. The van der Waals surface area contributed by atoms with E-state index < -0.39 is 5.97 Å². The smallest absolute Gasteiger partial charge is 0.337 e. The van der Waals surface area contributed by atoms with Crippen molar-refractivity contribution in [3.05, 3.63) is 33.2 Å². The van der Waals surface area contributed by atoms with E-state index in [2.05, 4.69) is 0 Å². The van der Waals surface area contributed by atoms with Gasteiger partial charge in [0.05, 0.1) is 5.56 Å². The van der Waals surface area contributed by atoms with Crippen LogP contribution in [0.15, 0.2) is 10.9 Å². The highest BCUT2D eigenvalue weighted by atomic mass is 16.4. The maximum atomic E-state index is 11.4. The average molecular weight is 209 g/mol. The molecule has 1 rings (SSSR count). The van der Waals surface area contributed by atoms with Crippen LogP contribution < -0.4 is 5.56 Å². The molecule has 0 aliphatic carbocycles. The van der Waals surface area contributed by atoms with Gasteiger partial charge in [-0.1, -0.05) is 0 Å². The Labute approximate surface area is 86.0 Å². The molecule has 1 N–H and O–H groups in total. The number of hydrogen-bond donors (Lipinski definition) is 1. The van der Waals surface area contributed by atoms with Gasteiger partial charge in [-0.15, -0.1) is 0 Å². The molecule has 80 valence electrons. The summed E-state index contributed by atoms with van der Waals surface area (Å²) in [5.41, 5.74) is 0.337. The van der Waals surface area contributed by atoms with Crippen LogP contribution in [-0.2, 0) is 18.3 Å². The third-order valence-electron chi connectivity index (χ3n) is 2.33. The lowest BCUT2D eigenvalue weighted by molar-refractivity contribution is -0.107. The number of rotatable bonds is 3. The molecule has 1 heterocycles. The van der Waals surface area contributed by atoms with Crippen LogP contribution in [0.3, 0.4) is 0 Å². The molecular formula is C10H11NO4. The van der Waals surface area contributed by atoms with Gasteiger partial charge in [-0.05, 0) is 12.5 Å². The lowest BCUT2D eigenvalue weighted by Gasteiger charge is -2.10. The minimum atomic E-state index is -1.13. The summed E-state index contributed by atoms with van der Waals surface area (Å²) < 4.78 is 1.25. The van der Waals surface area contributed by atoms with Crippen molar-refractivity contribution in [2.45, 2.75) is 13.3 Å². The molecule has 0 aliphatic heterocycles. The van der Waals surface area contributed by atoms with Crippen molar-refractivity contribution in [1.82, 2.24) is 4.57 Å². The van der Waals surface area contributed by atoms with Crippen LogP contribution in [0, 0.1) is 6.92 Å². The van der Waals surface area contributed by atoms with Crippen molar-refractivity contribution >= 4 is 12.3 Å². The summed E-state index contributed by atoms with van der Waals surface area (Å²) in [6, 6.07) is 1.19. The van der Waals surface area contributed by atoms with Gasteiger partial charge in [0.1, 0.15) is 6.29 Å². The first-order chi connectivity index (χ1) is 6.99. The van der Waals surface area contributed by atoms with E-state index in [1.807, 2.05) is 0 Å². The van der Waals surface area contributed by atoms with Crippen molar-refractivity contribution in [1.29, 1.82) is 0 Å². The van der Waals surface area contributed by atoms with E-state index in [4.69, 9.17) is 5.11 Å². The molecule has 0 saturated heterocycles. The van der Waals surface area contributed by atoms with Crippen molar-refractivity contribution in [2.24, 2.45) is 7.05 Å². The molecular weight excluding hydrogens is 198 g/mol. The third-order valence-corrected chi connectivity index (χ3v) is 2.33. The van der Waals surface area contributed by atoms with Gasteiger partial charge in [0.2, 0.25) is 0 Å². The zero-order valence-electron chi connectivity index (χ0n) is 8.48. The lowest BCUT2D eigenvalue weighted by atomic mass is 10.0. The summed E-state index contributed by atoms with van der Waals surface area (Å²) in [5, 5.41) is 8.96. The molecule has 0 amide bonds. The van der Waals surface area contributed by atoms with Gasteiger partial charge in [0.15, 0.2) is 0 Å². The summed E-state index contributed by atoms with van der Waals surface area (Å²) >= 11 is 0. The van der Waals surface area contributed by atoms with E-state index in [-0.39, 0.29) is 23.1 Å². The Morgan fingerprint density at radius 3 is 2.67 bits per heavy atom. The Morgan fingerprint density at radius 1 is 1.60 bits per heavy atom. The molecule has 0 aliphatic rings. The molecule has 0 spiro atoms. The van der Waals surface area contributed by atoms with E-state index in [1.54, 1.807) is 6.92 Å². The number of nitrogens with zero attached hydrogens (tertiary/aromatic N) is 1. The Balaban J connectivity index is 3.57. The van der Waals surface area contributed by atoms with E-state index in [1.165, 1.54) is 17.7 Å². The quantitative estimate of drug-likeness (QED) is 0.718. The molecule has 5 nitrogen and oxygen atoms in total. The number of aromatic carboxylic acids is 1. The largest absolute Gasteiger partial charge is 0.478 e. The molecule has 0 bridgehead atoms. The average Bonchev–Trinajstić information content (AvgIpc) is 2.14. The minimum absolute atomic E-state index is 0.0317. The first kappa shape index (κ1) is 11.2. The normalized spacial score (nSPS) is 10.0. The van der Waals surface area contributed by atoms with E-state index in [0.717, 1.165) is 0 Å². The Hall–Kier alpha value is -1.91. The molecule has 0 aromatic carbocycles. The summed E-state index contributed by atoms with van der Waals surface area (Å²) in [7, 11) is 1.49. The van der Waals surface area contributed by atoms with E-state index in [9.17, 15) is 14.4 Å². The molecule has 0 atom stereocenters. The number of pyridine rings is 1. The SMILES string of the molecule is Cc1c(C(=O)O)c(CC=O)cc(=O)n1C. The maximum Gasteiger partial charge on any atom is 0.337 e. The molecule has 5 heteroatoms. The van der Waals surface area contributed by atoms with Gasteiger partial charge in [-0.3, -0.25) is 4.79 Å². The minimum Gasteiger partial charge on any atom is -0.478 e.